The van der Waals surface area contributed by atoms with E-state index in [2.05, 4.69) is 45.5 Å². The van der Waals surface area contributed by atoms with Gasteiger partial charge in [-0.15, -0.1) is 0 Å². The Bertz CT molecular complexity index is 1270. The Hall–Kier alpha value is -3.64. The molecule has 1 aromatic heterocycles. The maximum Gasteiger partial charge on any atom is 0.270 e. The van der Waals surface area contributed by atoms with Crippen LogP contribution >= 0.6 is 0 Å². The van der Waals surface area contributed by atoms with Gasteiger partial charge in [0.2, 0.25) is 5.91 Å². The van der Waals surface area contributed by atoms with E-state index in [1.165, 1.54) is 10.8 Å². The molecule has 3 aromatic carbocycles. The van der Waals surface area contributed by atoms with Crippen LogP contribution in [0.5, 0.6) is 0 Å². The molecule has 0 bridgehead atoms. The van der Waals surface area contributed by atoms with Gasteiger partial charge in [0.05, 0.1) is 12.6 Å². The molecule has 0 aliphatic carbocycles. The average molecular weight is 441 g/mol. The Balaban J connectivity index is 1.13. The predicted octanol–water partition coefficient (Wildman–Crippen LogP) is 3.96. The minimum absolute atomic E-state index is 0.00560. The highest BCUT2D eigenvalue weighted by Gasteiger charge is 2.24. The highest BCUT2D eigenvalue weighted by Crippen LogP contribution is 2.20. The number of benzene rings is 3. The van der Waals surface area contributed by atoms with Crippen molar-refractivity contribution in [3.63, 3.8) is 0 Å². The van der Waals surface area contributed by atoms with E-state index in [0.29, 0.717) is 38.4 Å². The third kappa shape index (κ3) is 4.61. The van der Waals surface area contributed by atoms with Crippen LogP contribution in [0, 0.1) is 0 Å². The summed E-state index contributed by atoms with van der Waals surface area (Å²) >= 11 is 0. The summed E-state index contributed by atoms with van der Waals surface area (Å²) < 4.78 is 0. The van der Waals surface area contributed by atoms with Gasteiger partial charge in [0.15, 0.2) is 0 Å². The molecule has 0 radical (unpaired) electrons. The maximum atomic E-state index is 12.9. The quantitative estimate of drug-likeness (QED) is 0.494. The van der Waals surface area contributed by atoms with Crippen molar-refractivity contribution in [1.82, 2.24) is 20.1 Å². The third-order valence-electron chi connectivity index (χ3n) is 6.44. The van der Waals surface area contributed by atoms with Crippen molar-refractivity contribution in [1.29, 1.82) is 0 Å². The average Bonchev–Trinajstić information content (AvgIpc) is 3.28. The summed E-state index contributed by atoms with van der Waals surface area (Å²) in [6.45, 7) is 4.95. The third-order valence-corrected chi connectivity index (χ3v) is 6.44. The van der Waals surface area contributed by atoms with Crippen LogP contribution in [-0.2, 0) is 4.79 Å². The van der Waals surface area contributed by atoms with Gasteiger partial charge >= 0.3 is 0 Å². The van der Waals surface area contributed by atoms with Crippen molar-refractivity contribution >= 4 is 33.5 Å². The van der Waals surface area contributed by atoms with Gasteiger partial charge < -0.3 is 15.2 Å². The Labute approximate surface area is 193 Å². The molecular weight excluding hydrogens is 412 g/mol. The second-order valence-electron chi connectivity index (χ2n) is 8.73. The molecule has 168 valence electrons. The summed E-state index contributed by atoms with van der Waals surface area (Å²) in [6.07, 6.45) is 0. The molecule has 1 aliphatic heterocycles. The summed E-state index contributed by atoms with van der Waals surface area (Å²) in [5, 5.41) is 6.52. The number of piperazine rings is 1. The number of rotatable bonds is 5. The van der Waals surface area contributed by atoms with E-state index in [4.69, 9.17) is 0 Å². The lowest BCUT2D eigenvalue weighted by molar-refractivity contribution is -0.123. The molecule has 6 heteroatoms. The van der Waals surface area contributed by atoms with E-state index in [0.717, 1.165) is 16.5 Å². The monoisotopic (exact) mass is 440 g/mol. The number of carbonyl (C=O) groups excluding carboxylic acids is 2. The number of fused-ring (bicyclic) bond motifs is 2. The van der Waals surface area contributed by atoms with E-state index in [9.17, 15) is 9.59 Å². The molecule has 4 aromatic rings. The minimum Gasteiger partial charge on any atom is -0.351 e. The van der Waals surface area contributed by atoms with Crippen LogP contribution in [0.25, 0.3) is 21.7 Å². The molecular formula is C27H28N4O2. The number of nitrogens with one attached hydrogen (secondary N) is 2. The highest BCUT2D eigenvalue weighted by atomic mass is 16.2. The molecule has 0 spiro atoms. The van der Waals surface area contributed by atoms with Gasteiger partial charge in [-0.1, -0.05) is 54.6 Å². The van der Waals surface area contributed by atoms with Crippen molar-refractivity contribution in [3.05, 3.63) is 84.1 Å². The fourth-order valence-electron chi connectivity index (χ4n) is 4.52. The molecule has 1 unspecified atom stereocenters. The summed E-state index contributed by atoms with van der Waals surface area (Å²) in [6, 6.07) is 24.3. The van der Waals surface area contributed by atoms with Crippen molar-refractivity contribution in [2.24, 2.45) is 0 Å². The second kappa shape index (κ2) is 9.08. The van der Waals surface area contributed by atoms with Crippen LogP contribution < -0.4 is 5.32 Å². The number of aromatic nitrogens is 1. The second-order valence-corrected chi connectivity index (χ2v) is 8.73. The molecule has 6 nitrogen and oxygen atoms in total. The summed E-state index contributed by atoms with van der Waals surface area (Å²) in [7, 11) is 0. The van der Waals surface area contributed by atoms with E-state index in [1.807, 2.05) is 54.3 Å². The number of carbonyl (C=O) groups is 2. The Morgan fingerprint density at radius 2 is 1.58 bits per heavy atom. The fourth-order valence-corrected chi connectivity index (χ4v) is 4.52. The van der Waals surface area contributed by atoms with Crippen LogP contribution in [0.1, 0.15) is 29.0 Å². The van der Waals surface area contributed by atoms with Crippen molar-refractivity contribution in [3.8, 4) is 0 Å². The summed E-state index contributed by atoms with van der Waals surface area (Å²) in [5.74, 6) is 0.0197. The lowest BCUT2D eigenvalue weighted by Crippen LogP contribution is -2.51. The molecule has 2 N–H and O–H groups in total. The first-order valence-corrected chi connectivity index (χ1v) is 11.4. The van der Waals surface area contributed by atoms with E-state index in [-0.39, 0.29) is 17.9 Å². The largest absolute Gasteiger partial charge is 0.351 e. The lowest BCUT2D eigenvalue weighted by atomic mass is 10.0. The van der Waals surface area contributed by atoms with Crippen molar-refractivity contribution in [2.45, 2.75) is 13.0 Å². The summed E-state index contributed by atoms with van der Waals surface area (Å²) in [5.41, 5.74) is 2.68. The molecule has 1 fully saturated rings. The van der Waals surface area contributed by atoms with E-state index < -0.39 is 0 Å². The molecule has 5 rings (SSSR count). The fraction of sp³-hybridized carbons (Fsp3) is 0.259. The van der Waals surface area contributed by atoms with Crippen LogP contribution in [-0.4, -0.2) is 59.3 Å². The zero-order chi connectivity index (χ0) is 22.8. The molecule has 2 amide bonds. The SMILES string of the molecule is CC(NC(=O)CN1CCN(C(=O)c2cc3ccccc3[nH]2)CC1)c1ccc2ccccc2c1. The standard InChI is InChI=1S/C27H28N4O2/c1-19(21-11-10-20-6-2-3-7-22(20)16-21)28-26(32)18-30-12-14-31(15-13-30)27(33)25-17-23-8-4-5-9-24(23)29-25/h2-11,16-17,19,29H,12-15,18H2,1H3,(H,28,32). The molecule has 1 atom stereocenters. The molecule has 1 aliphatic rings. The van der Waals surface area contributed by atoms with E-state index >= 15 is 0 Å². The van der Waals surface area contributed by atoms with Gasteiger partial charge in [-0.3, -0.25) is 14.5 Å². The van der Waals surface area contributed by atoms with Gasteiger partial charge in [-0.2, -0.15) is 0 Å². The normalized spacial score (nSPS) is 15.6. The first kappa shape index (κ1) is 21.2. The topological polar surface area (TPSA) is 68.4 Å². The predicted molar refractivity (Wildman–Crippen MR) is 131 cm³/mol. The number of hydrogen-bond acceptors (Lipinski definition) is 3. The summed E-state index contributed by atoms with van der Waals surface area (Å²) in [4.78, 5) is 32.7. The molecule has 2 heterocycles. The number of amides is 2. The minimum atomic E-state index is -0.0630. The van der Waals surface area contributed by atoms with Crippen molar-refractivity contribution < 1.29 is 9.59 Å². The first-order chi connectivity index (χ1) is 16.1. The molecule has 33 heavy (non-hydrogen) atoms. The zero-order valence-corrected chi connectivity index (χ0v) is 18.8. The van der Waals surface area contributed by atoms with Gasteiger partial charge in [0, 0.05) is 37.1 Å². The van der Waals surface area contributed by atoms with Crippen LogP contribution in [0.15, 0.2) is 72.8 Å². The first-order valence-electron chi connectivity index (χ1n) is 11.4. The zero-order valence-electron chi connectivity index (χ0n) is 18.8. The number of para-hydroxylation sites is 1. The number of H-pyrrole nitrogens is 1. The lowest BCUT2D eigenvalue weighted by Gasteiger charge is -2.34. The van der Waals surface area contributed by atoms with E-state index in [1.54, 1.807) is 0 Å². The van der Waals surface area contributed by atoms with Crippen LogP contribution in [0.4, 0.5) is 0 Å². The van der Waals surface area contributed by atoms with Gasteiger partial charge in [0.1, 0.15) is 5.69 Å². The number of nitrogens with zero attached hydrogens (tertiary/aromatic N) is 2. The smallest absolute Gasteiger partial charge is 0.270 e. The Kier molecular flexibility index (Phi) is 5.84. The maximum absolute atomic E-state index is 12.9. The van der Waals surface area contributed by atoms with Gasteiger partial charge in [-0.05, 0) is 41.5 Å². The van der Waals surface area contributed by atoms with Crippen molar-refractivity contribution in [2.75, 3.05) is 32.7 Å². The highest BCUT2D eigenvalue weighted by molar-refractivity contribution is 5.98. The molecule has 1 saturated heterocycles. The molecule has 0 saturated carbocycles. The van der Waals surface area contributed by atoms with Gasteiger partial charge in [0.25, 0.3) is 5.91 Å². The Morgan fingerprint density at radius 1 is 0.879 bits per heavy atom. The van der Waals surface area contributed by atoms with Gasteiger partial charge in [-0.25, -0.2) is 0 Å². The number of aromatic amines is 1. The Morgan fingerprint density at radius 3 is 2.33 bits per heavy atom. The van der Waals surface area contributed by atoms with Crippen LogP contribution in [0.3, 0.4) is 0 Å². The van der Waals surface area contributed by atoms with Crippen LogP contribution in [0.2, 0.25) is 0 Å². The number of hydrogen-bond donors (Lipinski definition) is 2.